The van der Waals surface area contributed by atoms with Gasteiger partial charge >= 0.3 is 5.97 Å². The minimum Gasteiger partial charge on any atom is -0.481 e. The number of thioether (sulfide) groups is 1. The lowest BCUT2D eigenvalue weighted by Gasteiger charge is -2.33. The minimum absolute atomic E-state index is 0.0379. The van der Waals surface area contributed by atoms with Crippen LogP contribution in [0.1, 0.15) is 19.8 Å². The van der Waals surface area contributed by atoms with Crippen LogP contribution in [0, 0.1) is 5.92 Å². The maximum atomic E-state index is 12.4. The molecule has 2 fully saturated rings. The number of carboxylic acids is 1. The van der Waals surface area contributed by atoms with Crippen LogP contribution in [0.4, 0.5) is 0 Å². The fourth-order valence-electron chi connectivity index (χ4n) is 2.52. The third kappa shape index (κ3) is 3.02. The number of piperidine rings is 1. The van der Waals surface area contributed by atoms with Gasteiger partial charge in [-0.1, -0.05) is 0 Å². The van der Waals surface area contributed by atoms with Gasteiger partial charge in [0.1, 0.15) is 6.04 Å². The molecule has 2 aliphatic heterocycles. The summed E-state index contributed by atoms with van der Waals surface area (Å²) in [6.45, 7) is 2.42. The summed E-state index contributed by atoms with van der Waals surface area (Å²) in [4.78, 5) is 38.0. The van der Waals surface area contributed by atoms with Crippen molar-refractivity contribution in [3.63, 3.8) is 0 Å². The summed E-state index contributed by atoms with van der Waals surface area (Å²) in [7, 11) is 0. The number of hydrogen-bond donors (Lipinski definition) is 1. The third-order valence-electron chi connectivity index (χ3n) is 3.73. The summed E-state index contributed by atoms with van der Waals surface area (Å²) in [5.41, 5.74) is 0. The average molecular weight is 286 g/mol. The van der Waals surface area contributed by atoms with Gasteiger partial charge in [0.2, 0.25) is 11.8 Å². The van der Waals surface area contributed by atoms with Crippen LogP contribution in [-0.2, 0) is 14.4 Å². The Morgan fingerprint density at radius 1 is 1.21 bits per heavy atom. The standard InChI is InChI=1S/C12H18N2O4S/c1-8(15)14-7-19-6-10(14)11(16)13-4-2-9(3-5-13)12(17)18/h9-10H,2-7H2,1H3,(H,17,18)/t10-/m1/s1. The molecule has 0 bridgehead atoms. The van der Waals surface area contributed by atoms with Crippen molar-refractivity contribution in [1.29, 1.82) is 0 Å². The quantitative estimate of drug-likeness (QED) is 0.786. The third-order valence-corrected chi connectivity index (χ3v) is 4.74. The number of carbonyl (C=O) groups is 3. The number of amides is 2. The van der Waals surface area contributed by atoms with Crippen molar-refractivity contribution >= 4 is 29.5 Å². The number of rotatable bonds is 2. The summed E-state index contributed by atoms with van der Waals surface area (Å²) in [6, 6.07) is -0.371. The van der Waals surface area contributed by atoms with Crippen LogP contribution < -0.4 is 0 Å². The molecule has 0 radical (unpaired) electrons. The molecule has 106 valence electrons. The first-order valence-corrected chi connectivity index (χ1v) is 7.52. The summed E-state index contributed by atoms with van der Waals surface area (Å²) >= 11 is 1.58. The monoisotopic (exact) mass is 286 g/mol. The first-order chi connectivity index (χ1) is 9.00. The fraction of sp³-hybridized carbons (Fsp3) is 0.750. The predicted molar refractivity (Wildman–Crippen MR) is 70.6 cm³/mol. The van der Waals surface area contributed by atoms with E-state index >= 15 is 0 Å². The molecule has 2 rings (SSSR count). The van der Waals surface area contributed by atoms with E-state index in [-0.39, 0.29) is 23.8 Å². The number of carbonyl (C=O) groups excluding carboxylic acids is 2. The van der Waals surface area contributed by atoms with Crippen LogP contribution in [0.25, 0.3) is 0 Å². The molecular weight excluding hydrogens is 268 g/mol. The van der Waals surface area contributed by atoms with Crippen molar-refractivity contribution in [2.45, 2.75) is 25.8 Å². The molecule has 1 atom stereocenters. The van der Waals surface area contributed by atoms with E-state index in [1.54, 1.807) is 21.6 Å². The second kappa shape index (κ2) is 5.81. The smallest absolute Gasteiger partial charge is 0.306 e. The number of nitrogens with zero attached hydrogens (tertiary/aromatic N) is 2. The van der Waals surface area contributed by atoms with E-state index in [1.807, 2.05) is 0 Å². The molecular formula is C12H18N2O4S. The number of aliphatic carboxylic acids is 1. The first-order valence-electron chi connectivity index (χ1n) is 6.37. The normalized spacial score (nSPS) is 24.6. The Balaban J connectivity index is 1.94. The molecule has 0 unspecified atom stereocenters. The van der Waals surface area contributed by atoms with Gasteiger partial charge in [0.05, 0.1) is 11.8 Å². The lowest BCUT2D eigenvalue weighted by atomic mass is 9.96. The Hall–Kier alpha value is -1.24. The Kier molecular flexibility index (Phi) is 4.34. The lowest BCUT2D eigenvalue weighted by molar-refractivity contribution is -0.148. The second-order valence-corrected chi connectivity index (χ2v) is 5.94. The molecule has 1 N–H and O–H groups in total. The molecule has 7 heteroatoms. The van der Waals surface area contributed by atoms with Gasteiger partial charge in [-0.05, 0) is 12.8 Å². The van der Waals surface area contributed by atoms with Gasteiger partial charge in [-0.25, -0.2) is 0 Å². The maximum Gasteiger partial charge on any atom is 0.306 e. The lowest BCUT2D eigenvalue weighted by Crippen LogP contribution is -2.51. The molecule has 19 heavy (non-hydrogen) atoms. The molecule has 0 aromatic heterocycles. The highest BCUT2D eigenvalue weighted by Gasteiger charge is 2.37. The van der Waals surface area contributed by atoms with Gasteiger partial charge in [-0.3, -0.25) is 14.4 Å². The number of carboxylic acid groups (broad SMARTS) is 1. The molecule has 0 aliphatic carbocycles. The van der Waals surface area contributed by atoms with Crippen LogP contribution >= 0.6 is 11.8 Å². The molecule has 0 aromatic carbocycles. The zero-order valence-corrected chi connectivity index (χ0v) is 11.7. The zero-order chi connectivity index (χ0) is 14.0. The van der Waals surface area contributed by atoms with Crippen LogP contribution in [0.2, 0.25) is 0 Å². The largest absolute Gasteiger partial charge is 0.481 e. The first kappa shape index (κ1) is 14.2. The molecule has 2 aliphatic rings. The Morgan fingerprint density at radius 2 is 1.84 bits per heavy atom. The van der Waals surface area contributed by atoms with Gasteiger partial charge in [0, 0.05) is 25.8 Å². The average Bonchev–Trinajstić information content (AvgIpc) is 2.87. The fourth-order valence-corrected chi connectivity index (χ4v) is 3.72. The summed E-state index contributed by atoms with van der Waals surface area (Å²) in [5, 5.41) is 8.93. The molecule has 2 saturated heterocycles. The van der Waals surface area contributed by atoms with E-state index in [0.29, 0.717) is 37.6 Å². The molecule has 2 heterocycles. The van der Waals surface area contributed by atoms with Crippen molar-refractivity contribution in [2.75, 3.05) is 24.7 Å². The second-order valence-electron chi connectivity index (χ2n) is 4.94. The molecule has 2 amide bonds. The van der Waals surface area contributed by atoms with E-state index in [1.165, 1.54) is 6.92 Å². The van der Waals surface area contributed by atoms with E-state index in [4.69, 9.17) is 5.11 Å². The summed E-state index contributed by atoms with van der Waals surface area (Å²) in [6.07, 6.45) is 1.00. The Bertz CT molecular complexity index is 393. The van der Waals surface area contributed by atoms with Gasteiger partial charge in [-0.2, -0.15) is 0 Å². The Morgan fingerprint density at radius 3 is 2.37 bits per heavy atom. The van der Waals surface area contributed by atoms with Gasteiger partial charge in [-0.15, -0.1) is 11.8 Å². The van der Waals surface area contributed by atoms with Crippen LogP contribution in [0.3, 0.4) is 0 Å². The van der Waals surface area contributed by atoms with Crippen molar-refractivity contribution in [3.8, 4) is 0 Å². The highest BCUT2D eigenvalue weighted by Crippen LogP contribution is 2.25. The summed E-state index contributed by atoms with van der Waals surface area (Å²) in [5.74, 6) is -0.0400. The van der Waals surface area contributed by atoms with Crippen LogP contribution in [0.5, 0.6) is 0 Å². The maximum absolute atomic E-state index is 12.4. The molecule has 0 aromatic rings. The summed E-state index contributed by atoms with van der Waals surface area (Å²) < 4.78 is 0. The SMILES string of the molecule is CC(=O)N1CSC[C@@H]1C(=O)N1CCC(C(=O)O)CC1. The highest BCUT2D eigenvalue weighted by molar-refractivity contribution is 7.99. The van der Waals surface area contributed by atoms with E-state index in [2.05, 4.69) is 0 Å². The van der Waals surface area contributed by atoms with Gasteiger partial charge in [0.25, 0.3) is 0 Å². The minimum atomic E-state index is -0.783. The van der Waals surface area contributed by atoms with Crippen molar-refractivity contribution in [3.05, 3.63) is 0 Å². The molecule has 0 saturated carbocycles. The van der Waals surface area contributed by atoms with E-state index in [9.17, 15) is 14.4 Å². The molecule has 0 spiro atoms. The zero-order valence-electron chi connectivity index (χ0n) is 10.9. The van der Waals surface area contributed by atoms with Crippen LogP contribution in [-0.4, -0.2) is 63.5 Å². The van der Waals surface area contributed by atoms with E-state index < -0.39 is 5.97 Å². The number of hydrogen-bond acceptors (Lipinski definition) is 4. The Labute approximate surface area is 116 Å². The predicted octanol–water partition coefficient (Wildman–Crippen LogP) is 0.231. The number of likely N-dealkylation sites (tertiary alicyclic amines) is 1. The van der Waals surface area contributed by atoms with Gasteiger partial charge in [0.15, 0.2) is 0 Å². The van der Waals surface area contributed by atoms with Crippen molar-refractivity contribution in [1.82, 2.24) is 9.80 Å². The van der Waals surface area contributed by atoms with E-state index in [0.717, 1.165) is 0 Å². The van der Waals surface area contributed by atoms with Gasteiger partial charge < -0.3 is 14.9 Å². The van der Waals surface area contributed by atoms with Crippen molar-refractivity contribution in [2.24, 2.45) is 5.92 Å². The highest BCUT2D eigenvalue weighted by atomic mass is 32.2. The molecule has 6 nitrogen and oxygen atoms in total. The van der Waals surface area contributed by atoms with Crippen molar-refractivity contribution < 1.29 is 19.5 Å². The topological polar surface area (TPSA) is 77.9 Å². The van der Waals surface area contributed by atoms with Crippen LogP contribution in [0.15, 0.2) is 0 Å².